The zero-order valence-electron chi connectivity index (χ0n) is 19.1. The van der Waals surface area contributed by atoms with E-state index in [4.69, 9.17) is 14.7 Å². The van der Waals surface area contributed by atoms with Crippen molar-refractivity contribution in [3.8, 4) is 0 Å². The maximum atomic E-state index is 5.47. The maximum Gasteiger partial charge on any atom is 0.227 e. The van der Waals surface area contributed by atoms with Crippen molar-refractivity contribution in [2.75, 3.05) is 44.5 Å². The van der Waals surface area contributed by atoms with Crippen molar-refractivity contribution in [3.63, 3.8) is 0 Å². The molecular formula is C22H33N8O+. The van der Waals surface area contributed by atoms with Crippen LogP contribution in [0.4, 0.5) is 17.6 Å². The molecule has 166 valence electrons. The number of anilines is 3. The summed E-state index contributed by atoms with van der Waals surface area (Å²) in [5.74, 6) is 3.30. The highest BCUT2D eigenvalue weighted by atomic mass is 16.5. The number of quaternary nitrogens is 1. The fraction of sp³-hybridized carbons (Fsp3) is 0.545. The topological polar surface area (TPSA) is 85.4 Å². The quantitative estimate of drug-likeness (QED) is 0.597. The molecule has 2 N–H and O–H groups in total. The van der Waals surface area contributed by atoms with Crippen LogP contribution in [0.2, 0.25) is 0 Å². The third-order valence-electron chi connectivity index (χ3n) is 5.63. The summed E-state index contributed by atoms with van der Waals surface area (Å²) >= 11 is 0. The molecule has 3 aromatic rings. The van der Waals surface area contributed by atoms with Crippen molar-refractivity contribution in [1.29, 1.82) is 0 Å². The largest absolute Gasteiger partial charge is 0.381 e. The Balaban J connectivity index is 1.57. The van der Waals surface area contributed by atoms with Gasteiger partial charge in [-0.2, -0.15) is 4.98 Å². The Bertz CT molecular complexity index is 1020. The average Bonchev–Trinajstić information content (AvgIpc) is 3.10. The maximum absolute atomic E-state index is 5.47. The summed E-state index contributed by atoms with van der Waals surface area (Å²) in [7, 11) is 6.06. The monoisotopic (exact) mass is 425 g/mol. The van der Waals surface area contributed by atoms with Gasteiger partial charge in [-0.05, 0) is 32.8 Å². The molecule has 0 saturated carbocycles. The molecule has 31 heavy (non-hydrogen) atoms. The molecule has 0 atom stereocenters. The van der Waals surface area contributed by atoms with Crippen LogP contribution in [-0.4, -0.2) is 64.9 Å². The minimum absolute atomic E-state index is 0.315. The number of pyridine rings is 1. The van der Waals surface area contributed by atoms with Crippen LogP contribution in [0.15, 0.2) is 24.5 Å². The Morgan fingerprint density at radius 3 is 2.61 bits per heavy atom. The second-order valence-electron chi connectivity index (χ2n) is 8.72. The first kappa shape index (κ1) is 21.5. The molecule has 0 aliphatic carbocycles. The molecule has 9 nitrogen and oxygen atoms in total. The first-order chi connectivity index (χ1) is 14.9. The number of rotatable bonds is 7. The number of piperidine rings is 1. The Kier molecular flexibility index (Phi) is 6.33. The molecule has 1 aliphatic heterocycles. The molecule has 0 aromatic carbocycles. The van der Waals surface area contributed by atoms with E-state index in [0.717, 1.165) is 66.9 Å². The molecule has 4 heterocycles. The number of aromatic nitrogens is 5. The number of fused-ring (bicyclic) bond motifs is 1. The zero-order valence-corrected chi connectivity index (χ0v) is 19.1. The van der Waals surface area contributed by atoms with E-state index in [2.05, 4.69) is 58.8 Å². The fourth-order valence-electron chi connectivity index (χ4n) is 4.13. The Hall–Kier alpha value is -2.78. The van der Waals surface area contributed by atoms with E-state index in [-0.39, 0.29) is 0 Å². The number of hydrogen-bond acceptors (Lipinski definition) is 7. The van der Waals surface area contributed by atoms with Crippen molar-refractivity contribution >= 4 is 28.6 Å². The van der Waals surface area contributed by atoms with Crippen molar-refractivity contribution in [1.82, 2.24) is 24.5 Å². The van der Waals surface area contributed by atoms with E-state index in [1.807, 2.05) is 12.3 Å². The average molecular weight is 426 g/mol. The minimum atomic E-state index is 0.315. The van der Waals surface area contributed by atoms with E-state index >= 15 is 0 Å². The molecule has 0 radical (unpaired) electrons. The van der Waals surface area contributed by atoms with Crippen LogP contribution in [0.3, 0.4) is 0 Å². The van der Waals surface area contributed by atoms with Gasteiger partial charge in [0.1, 0.15) is 23.7 Å². The number of nitrogens with one attached hydrogen (secondary N) is 2. The summed E-state index contributed by atoms with van der Waals surface area (Å²) in [5, 5.41) is 3.35. The van der Waals surface area contributed by atoms with Crippen LogP contribution in [0.1, 0.15) is 38.6 Å². The molecular weight excluding hydrogens is 392 g/mol. The SMILES string of the molecule is COC1CCN(c2nccc(Nc3cc4c(cn3)nc(C[NH+](C)C)n4C(C)C)n2)CC1. The number of hydrogen-bond donors (Lipinski definition) is 2. The first-order valence-electron chi connectivity index (χ1n) is 11.0. The number of imidazole rings is 1. The smallest absolute Gasteiger partial charge is 0.227 e. The van der Waals surface area contributed by atoms with E-state index in [1.54, 1.807) is 13.3 Å². The van der Waals surface area contributed by atoms with Crippen LogP contribution in [-0.2, 0) is 11.3 Å². The van der Waals surface area contributed by atoms with Gasteiger partial charge >= 0.3 is 0 Å². The van der Waals surface area contributed by atoms with Crippen molar-refractivity contribution in [2.24, 2.45) is 0 Å². The van der Waals surface area contributed by atoms with E-state index in [9.17, 15) is 0 Å². The predicted octanol–water partition coefficient (Wildman–Crippen LogP) is 1.81. The highest BCUT2D eigenvalue weighted by molar-refractivity contribution is 5.79. The number of nitrogens with zero attached hydrogens (tertiary/aromatic N) is 6. The van der Waals surface area contributed by atoms with Gasteiger partial charge in [0, 0.05) is 38.5 Å². The second kappa shape index (κ2) is 9.15. The highest BCUT2D eigenvalue weighted by Gasteiger charge is 2.21. The lowest BCUT2D eigenvalue weighted by molar-refractivity contribution is -0.873. The molecule has 0 amide bonds. The van der Waals surface area contributed by atoms with Gasteiger partial charge in [0.15, 0.2) is 5.82 Å². The summed E-state index contributed by atoms with van der Waals surface area (Å²) in [6.45, 7) is 7.04. The Labute approximate surface area is 183 Å². The fourth-order valence-corrected chi connectivity index (χ4v) is 4.13. The molecule has 3 aromatic heterocycles. The summed E-state index contributed by atoms with van der Waals surface area (Å²) in [5.41, 5.74) is 2.00. The minimum Gasteiger partial charge on any atom is -0.381 e. The third kappa shape index (κ3) is 4.77. The lowest BCUT2D eigenvalue weighted by Gasteiger charge is -2.31. The van der Waals surface area contributed by atoms with Crippen LogP contribution < -0.4 is 15.1 Å². The lowest BCUT2D eigenvalue weighted by atomic mass is 10.1. The molecule has 0 spiro atoms. The van der Waals surface area contributed by atoms with Gasteiger partial charge in [0.05, 0.1) is 31.9 Å². The molecule has 0 unspecified atom stereocenters. The van der Waals surface area contributed by atoms with Crippen LogP contribution in [0.25, 0.3) is 11.0 Å². The van der Waals surface area contributed by atoms with Gasteiger partial charge in [0.2, 0.25) is 5.95 Å². The molecule has 1 saturated heterocycles. The Morgan fingerprint density at radius 2 is 1.94 bits per heavy atom. The summed E-state index contributed by atoms with van der Waals surface area (Å²) in [4.78, 5) is 22.1. The van der Waals surface area contributed by atoms with Crippen molar-refractivity contribution < 1.29 is 9.64 Å². The Morgan fingerprint density at radius 1 is 1.16 bits per heavy atom. The molecule has 0 bridgehead atoms. The zero-order chi connectivity index (χ0) is 22.0. The van der Waals surface area contributed by atoms with E-state index < -0.39 is 0 Å². The van der Waals surface area contributed by atoms with Gasteiger partial charge in [-0.25, -0.2) is 15.0 Å². The van der Waals surface area contributed by atoms with E-state index in [1.165, 1.54) is 4.90 Å². The molecule has 4 rings (SSSR count). The van der Waals surface area contributed by atoms with Crippen molar-refractivity contribution in [2.45, 2.75) is 45.4 Å². The summed E-state index contributed by atoms with van der Waals surface area (Å²) in [6, 6.07) is 4.25. The van der Waals surface area contributed by atoms with E-state index in [0.29, 0.717) is 12.1 Å². The van der Waals surface area contributed by atoms with Crippen LogP contribution >= 0.6 is 0 Å². The normalized spacial score (nSPS) is 15.4. The molecule has 1 fully saturated rings. The molecule has 9 heteroatoms. The van der Waals surface area contributed by atoms with Gasteiger partial charge in [-0.3, -0.25) is 0 Å². The highest BCUT2D eigenvalue weighted by Crippen LogP contribution is 2.25. The van der Waals surface area contributed by atoms with Crippen LogP contribution in [0.5, 0.6) is 0 Å². The van der Waals surface area contributed by atoms with Crippen LogP contribution in [0, 0.1) is 0 Å². The number of ether oxygens (including phenoxy) is 1. The third-order valence-corrected chi connectivity index (χ3v) is 5.63. The van der Waals surface area contributed by atoms with Crippen molar-refractivity contribution in [3.05, 3.63) is 30.4 Å². The second-order valence-corrected chi connectivity index (χ2v) is 8.72. The standard InChI is InChI=1S/C22H32N8O/c1-15(2)30-18-12-20(24-13-17(18)25-21(30)14-28(3)4)26-19-6-9-23-22(27-19)29-10-7-16(31-5)8-11-29/h6,9,12-13,15-16H,7-8,10-11,14H2,1-5H3,(H,23,24,26,27)/p+1. The van der Waals surface area contributed by atoms with Gasteiger partial charge in [-0.1, -0.05) is 0 Å². The van der Waals surface area contributed by atoms with Gasteiger partial charge < -0.3 is 24.4 Å². The summed E-state index contributed by atoms with van der Waals surface area (Å²) < 4.78 is 7.76. The van der Waals surface area contributed by atoms with Gasteiger partial charge in [0.25, 0.3) is 0 Å². The summed E-state index contributed by atoms with van der Waals surface area (Å²) in [6.07, 6.45) is 5.95. The first-order valence-corrected chi connectivity index (χ1v) is 11.0. The molecule has 1 aliphatic rings. The lowest BCUT2D eigenvalue weighted by Crippen LogP contribution is -3.04. The van der Waals surface area contributed by atoms with Gasteiger partial charge in [-0.15, -0.1) is 0 Å². The predicted molar refractivity (Wildman–Crippen MR) is 122 cm³/mol. The number of methoxy groups -OCH3 is 1.